The zero-order chi connectivity index (χ0) is 16.8. The molecule has 6 heteroatoms. The number of nitrogens with zero attached hydrogens (tertiary/aromatic N) is 1. The SMILES string of the molecule is O=C(/C=C/c1ccccn1)Nc1ccc(NC(=O)NC2CC2)cc1. The summed E-state index contributed by atoms with van der Waals surface area (Å²) in [6, 6.07) is 12.6. The molecule has 0 aliphatic heterocycles. The maximum Gasteiger partial charge on any atom is 0.319 e. The molecule has 0 unspecified atom stereocenters. The van der Waals surface area contributed by atoms with Gasteiger partial charge in [-0.3, -0.25) is 9.78 Å². The molecular formula is C18H18N4O2. The topological polar surface area (TPSA) is 83.1 Å². The van der Waals surface area contributed by atoms with Gasteiger partial charge in [0, 0.05) is 29.7 Å². The molecule has 6 nitrogen and oxygen atoms in total. The summed E-state index contributed by atoms with van der Waals surface area (Å²) in [6.45, 7) is 0. The average molecular weight is 322 g/mol. The Morgan fingerprint density at radius 1 is 1.00 bits per heavy atom. The van der Waals surface area contributed by atoms with E-state index >= 15 is 0 Å². The van der Waals surface area contributed by atoms with E-state index in [2.05, 4.69) is 20.9 Å². The number of hydrogen-bond acceptors (Lipinski definition) is 3. The second-order valence-electron chi connectivity index (χ2n) is 5.53. The number of urea groups is 1. The standard InChI is InChI=1S/C18H18N4O2/c23-17(11-10-13-3-1-2-12-19-13)20-14-4-6-15(7-5-14)21-18(24)22-16-8-9-16/h1-7,10-12,16H,8-9H2,(H,20,23)(H2,21,22,24)/b11-10+. The molecule has 0 spiro atoms. The smallest absolute Gasteiger partial charge is 0.319 e. The second-order valence-corrected chi connectivity index (χ2v) is 5.53. The normalized spacial score (nSPS) is 13.5. The molecule has 0 bridgehead atoms. The molecule has 1 aliphatic carbocycles. The van der Waals surface area contributed by atoms with Crippen LogP contribution in [-0.4, -0.2) is 23.0 Å². The molecule has 0 radical (unpaired) electrons. The second kappa shape index (κ2) is 7.41. The molecule has 1 aromatic heterocycles. The van der Waals surface area contributed by atoms with Crippen molar-refractivity contribution in [2.45, 2.75) is 18.9 Å². The zero-order valence-corrected chi connectivity index (χ0v) is 13.0. The molecule has 24 heavy (non-hydrogen) atoms. The molecule has 3 amide bonds. The fourth-order valence-corrected chi connectivity index (χ4v) is 2.04. The van der Waals surface area contributed by atoms with Crippen LogP contribution in [0.4, 0.5) is 16.2 Å². The van der Waals surface area contributed by atoms with E-state index in [0.29, 0.717) is 23.1 Å². The molecule has 1 heterocycles. The third-order valence-electron chi connectivity index (χ3n) is 3.42. The molecule has 1 fully saturated rings. The summed E-state index contributed by atoms with van der Waals surface area (Å²) in [4.78, 5) is 27.6. The van der Waals surface area contributed by atoms with Gasteiger partial charge in [0.05, 0.1) is 5.69 Å². The maximum atomic E-state index is 11.9. The average Bonchev–Trinajstić information content (AvgIpc) is 3.39. The van der Waals surface area contributed by atoms with E-state index in [1.54, 1.807) is 36.5 Å². The quantitative estimate of drug-likeness (QED) is 0.740. The Bertz CT molecular complexity index is 737. The highest BCUT2D eigenvalue weighted by Crippen LogP contribution is 2.19. The van der Waals surface area contributed by atoms with Crippen molar-refractivity contribution in [1.29, 1.82) is 0 Å². The lowest BCUT2D eigenvalue weighted by molar-refractivity contribution is -0.111. The van der Waals surface area contributed by atoms with Crippen LogP contribution in [-0.2, 0) is 4.79 Å². The number of nitrogens with one attached hydrogen (secondary N) is 3. The fourth-order valence-electron chi connectivity index (χ4n) is 2.04. The number of carbonyl (C=O) groups excluding carboxylic acids is 2. The summed E-state index contributed by atoms with van der Waals surface area (Å²) in [6.07, 6.45) is 6.84. The summed E-state index contributed by atoms with van der Waals surface area (Å²) < 4.78 is 0. The first-order valence-electron chi connectivity index (χ1n) is 7.77. The molecule has 0 saturated heterocycles. The van der Waals surface area contributed by atoms with E-state index in [9.17, 15) is 9.59 Å². The van der Waals surface area contributed by atoms with Crippen LogP contribution >= 0.6 is 0 Å². The van der Waals surface area contributed by atoms with E-state index in [1.165, 1.54) is 6.08 Å². The first-order chi connectivity index (χ1) is 11.7. The Labute approximate surface area is 140 Å². The highest BCUT2D eigenvalue weighted by Gasteiger charge is 2.23. The highest BCUT2D eigenvalue weighted by atomic mass is 16.2. The Morgan fingerprint density at radius 3 is 2.33 bits per heavy atom. The van der Waals surface area contributed by atoms with E-state index in [-0.39, 0.29) is 11.9 Å². The van der Waals surface area contributed by atoms with Crippen LogP contribution < -0.4 is 16.0 Å². The largest absolute Gasteiger partial charge is 0.335 e. The van der Waals surface area contributed by atoms with Crippen LogP contribution in [0.1, 0.15) is 18.5 Å². The van der Waals surface area contributed by atoms with Gasteiger partial charge in [0.25, 0.3) is 0 Å². The van der Waals surface area contributed by atoms with Crippen LogP contribution in [0.15, 0.2) is 54.7 Å². The first-order valence-corrected chi connectivity index (χ1v) is 7.77. The highest BCUT2D eigenvalue weighted by molar-refractivity contribution is 6.02. The number of aromatic nitrogens is 1. The van der Waals surface area contributed by atoms with E-state index in [4.69, 9.17) is 0 Å². The Balaban J connectivity index is 1.50. The van der Waals surface area contributed by atoms with Crippen molar-refractivity contribution in [2.75, 3.05) is 10.6 Å². The minimum atomic E-state index is -0.243. The maximum absolute atomic E-state index is 11.9. The lowest BCUT2D eigenvalue weighted by Crippen LogP contribution is -2.30. The van der Waals surface area contributed by atoms with Crippen molar-refractivity contribution >= 4 is 29.4 Å². The van der Waals surface area contributed by atoms with Gasteiger partial charge < -0.3 is 16.0 Å². The summed E-state index contributed by atoms with van der Waals surface area (Å²) in [5.41, 5.74) is 2.04. The molecule has 1 aromatic carbocycles. The van der Waals surface area contributed by atoms with Gasteiger partial charge in [-0.25, -0.2) is 4.79 Å². The molecular weight excluding hydrogens is 304 g/mol. The molecule has 1 aliphatic rings. The van der Waals surface area contributed by atoms with Crippen molar-refractivity contribution < 1.29 is 9.59 Å². The monoisotopic (exact) mass is 322 g/mol. The van der Waals surface area contributed by atoms with E-state index in [0.717, 1.165) is 12.8 Å². The lowest BCUT2D eigenvalue weighted by atomic mass is 10.2. The van der Waals surface area contributed by atoms with Crippen LogP contribution in [0.2, 0.25) is 0 Å². The molecule has 3 rings (SSSR count). The third kappa shape index (κ3) is 4.95. The predicted octanol–water partition coefficient (Wildman–Crippen LogP) is 3.02. The van der Waals surface area contributed by atoms with Gasteiger partial charge in [-0.05, 0) is 55.3 Å². The fraction of sp³-hybridized carbons (Fsp3) is 0.167. The molecule has 122 valence electrons. The van der Waals surface area contributed by atoms with Crippen LogP contribution in [0, 0.1) is 0 Å². The number of hydrogen-bond donors (Lipinski definition) is 3. The number of anilines is 2. The molecule has 1 saturated carbocycles. The van der Waals surface area contributed by atoms with Gasteiger partial charge in [-0.15, -0.1) is 0 Å². The minimum absolute atomic E-state index is 0.201. The van der Waals surface area contributed by atoms with Crippen LogP contribution in [0.5, 0.6) is 0 Å². The van der Waals surface area contributed by atoms with Gasteiger partial charge in [-0.1, -0.05) is 6.07 Å². The predicted molar refractivity (Wildman–Crippen MR) is 93.5 cm³/mol. The van der Waals surface area contributed by atoms with Gasteiger partial charge in [0.1, 0.15) is 0 Å². The van der Waals surface area contributed by atoms with Crippen LogP contribution in [0.25, 0.3) is 6.08 Å². The van der Waals surface area contributed by atoms with Crippen LogP contribution in [0.3, 0.4) is 0 Å². The lowest BCUT2D eigenvalue weighted by Gasteiger charge is -2.07. The van der Waals surface area contributed by atoms with E-state index in [1.807, 2.05) is 18.2 Å². The zero-order valence-electron chi connectivity index (χ0n) is 13.0. The number of benzene rings is 1. The molecule has 0 atom stereocenters. The Hall–Kier alpha value is -3.15. The van der Waals surface area contributed by atoms with Gasteiger partial charge in [0.15, 0.2) is 0 Å². The number of pyridine rings is 1. The minimum Gasteiger partial charge on any atom is -0.335 e. The first kappa shape index (κ1) is 15.7. The van der Waals surface area contributed by atoms with Gasteiger partial charge >= 0.3 is 6.03 Å². The Morgan fingerprint density at radius 2 is 1.71 bits per heavy atom. The number of carbonyl (C=O) groups is 2. The summed E-state index contributed by atoms with van der Waals surface area (Å²) in [5.74, 6) is -0.243. The third-order valence-corrected chi connectivity index (χ3v) is 3.42. The van der Waals surface area contributed by atoms with E-state index < -0.39 is 0 Å². The molecule has 3 N–H and O–H groups in total. The summed E-state index contributed by atoms with van der Waals surface area (Å²) in [5, 5.41) is 8.36. The molecule has 2 aromatic rings. The number of rotatable bonds is 5. The Kier molecular flexibility index (Phi) is 4.86. The summed E-state index contributed by atoms with van der Waals surface area (Å²) in [7, 11) is 0. The van der Waals surface area contributed by atoms with Crippen molar-refractivity contribution in [3.8, 4) is 0 Å². The van der Waals surface area contributed by atoms with Gasteiger partial charge in [0.2, 0.25) is 5.91 Å². The van der Waals surface area contributed by atoms with Crippen molar-refractivity contribution in [3.05, 3.63) is 60.4 Å². The van der Waals surface area contributed by atoms with Crippen molar-refractivity contribution in [3.63, 3.8) is 0 Å². The van der Waals surface area contributed by atoms with Crippen molar-refractivity contribution in [1.82, 2.24) is 10.3 Å². The summed E-state index contributed by atoms with van der Waals surface area (Å²) >= 11 is 0. The van der Waals surface area contributed by atoms with Crippen molar-refractivity contribution in [2.24, 2.45) is 0 Å². The number of amides is 3. The van der Waals surface area contributed by atoms with Gasteiger partial charge in [-0.2, -0.15) is 0 Å².